The fourth-order valence-corrected chi connectivity index (χ4v) is 3.36. The Labute approximate surface area is 168 Å². The van der Waals surface area contributed by atoms with Crippen LogP contribution in [0.2, 0.25) is 0 Å². The van der Waals surface area contributed by atoms with Gasteiger partial charge < -0.3 is 19.3 Å². The quantitative estimate of drug-likeness (QED) is 0.652. The van der Waals surface area contributed by atoms with Gasteiger partial charge in [-0.2, -0.15) is 26.3 Å². The van der Waals surface area contributed by atoms with Crippen LogP contribution in [0.25, 0.3) is 0 Å². The summed E-state index contributed by atoms with van der Waals surface area (Å²) in [6, 6.07) is 5.66. The van der Waals surface area contributed by atoms with Crippen molar-refractivity contribution < 1.29 is 45.7 Å². The van der Waals surface area contributed by atoms with E-state index in [1.54, 1.807) is 4.90 Å². The number of alkyl halides is 6. The summed E-state index contributed by atoms with van der Waals surface area (Å²) in [6.07, 6.45) is -16.5. The molecule has 0 saturated carbocycles. The number of aliphatic hydroxyl groups excluding tert-OH is 1. The number of hydrogen-bond donors (Lipinski definition) is 1. The van der Waals surface area contributed by atoms with Gasteiger partial charge in [0.2, 0.25) is 12.9 Å². The number of β-amino-alcohol motifs (C(OH)–C–C–N with tert-alkyl or cyclic N) is 1. The summed E-state index contributed by atoms with van der Waals surface area (Å²) in [7, 11) is 0. The van der Waals surface area contributed by atoms with E-state index in [0.717, 1.165) is 5.56 Å². The van der Waals surface area contributed by atoms with Crippen molar-refractivity contribution in [3.63, 3.8) is 0 Å². The van der Waals surface area contributed by atoms with Crippen molar-refractivity contribution >= 4 is 0 Å². The van der Waals surface area contributed by atoms with Gasteiger partial charge >= 0.3 is 12.4 Å². The summed E-state index contributed by atoms with van der Waals surface area (Å²) >= 11 is 0. The fourth-order valence-electron chi connectivity index (χ4n) is 3.36. The summed E-state index contributed by atoms with van der Waals surface area (Å²) < 4.78 is 89.3. The minimum atomic E-state index is -5.59. The molecule has 2 heterocycles. The highest BCUT2D eigenvalue weighted by atomic mass is 19.4. The zero-order chi connectivity index (χ0) is 21.9. The molecule has 0 spiro atoms. The Morgan fingerprint density at radius 3 is 2.17 bits per heavy atom. The maximum atomic E-state index is 12.5. The van der Waals surface area contributed by atoms with Crippen molar-refractivity contribution in [3.05, 3.63) is 23.8 Å². The molecule has 0 radical (unpaired) electrons. The number of benzene rings is 1. The molecule has 2 aliphatic heterocycles. The van der Waals surface area contributed by atoms with Crippen LogP contribution in [0.15, 0.2) is 18.2 Å². The average molecular weight is 444 g/mol. The van der Waals surface area contributed by atoms with Crippen molar-refractivity contribution in [1.82, 2.24) is 9.80 Å². The van der Waals surface area contributed by atoms with Crippen molar-refractivity contribution in [2.45, 2.75) is 31.1 Å². The first kappa shape index (κ1) is 22.9. The molecule has 1 aromatic carbocycles. The molecule has 6 nitrogen and oxygen atoms in total. The van der Waals surface area contributed by atoms with Crippen LogP contribution in [0.5, 0.6) is 11.5 Å². The van der Waals surface area contributed by atoms with Crippen LogP contribution in [0, 0.1) is 0 Å². The minimum Gasteiger partial charge on any atom is -0.454 e. The number of hydrogen-bond acceptors (Lipinski definition) is 6. The topological polar surface area (TPSA) is 54.4 Å². The Hall–Kier alpha value is -1.76. The van der Waals surface area contributed by atoms with Gasteiger partial charge in [-0.1, -0.05) is 6.07 Å². The third-order valence-corrected chi connectivity index (χ3v) is 4.83. The largest absolute Gasteiger partial charge is 0.454 e. The van der Waals surface area contributed by atoms with Gasteiger partial charge in [0.1, 0.15) is 0 Å². The highest BCUT2D eigenvalue weighted by Crippen LogP contribution is 2.36. The van der Waals surface area contributed by atoms with Gasteiger partial charge in [-0.05, 0) is 17.7 Å². The van der Waals surface area contributed by atoms with Gasteiger partial charge in [0.05, 0.1) is 12.7 Å². The second kappa shape index (κ2) is 9.16. The monoisotopic (exact) mass is 444 g/mol. The van der Waals surface area contributed by atoms with E-state index in [1.807, 2.05) is 18.2 Å². The minimum absolute atomic E-state index is 0.0691. The van der Waals surface area contributed by atoms with Crippen LogP contribution in [-0.4, -0.2) is 85.6 Å². The second-order valence-electron chi connectivity index (χ2n) is 7.21. The van der Waals surface area contributed by atoms with E-state index in [0.29, 0.717) is 44.2 Å². The maximum absolute atomic E-state index is 12.5. The van der Waals surface area contributed by atoms with E-state index < -0.39 is 31.2 Å². The number of aliphatic hydroxyl groups is 1. The Morgan fingerprint density at radius 2 is 1.53 bits per heavy atom. The van der Waals surface area contributed by atoms with Gasteiger partial charge in [-0.25, -0.2) is 0 Å². The van der Waals surface area contributed by atoms with Crippen molar-refractivity contribution in [2.24, 2.45) is 0 Å². The third-order valence-electron chi connectivity index (χ3n) is 4.83. The molecule has 1 saturated heterocycles. The molecule has 12 heteroatoms. The van der Waals surface area contributed by atoms with E-state index >= 15 is 0 Å². The molecule has 170 valence electrons. The van der Waals surface area contributed by atoms with E-state index in [9.17, 15) is 31.4 Å². The molecule has 0 unspecified atom stereocenters. The summed E-state index contributed by atoms with van der Waals surface area (Å²) in [5.41, 5.74) is 1.03. The van der Waals surface area contributed by atoms with Gasteiger partial charge in [0.25, 0.3) is 0 Å². The number of nitrogens with zero attached hydrogens (tertiary/aromatic N) is 2. The zero-order valence-corrected chi connectivity index (χ0v) is 15.9. The number of ether oxygens (including phenoxy) is 3. The number of fused-ring (bicyclic) bond motifs is 1. The molecular formula is C18H22F6N2O4. The van der Waals surface area contributed by atoms with Crippen molar-refractivity contribution in [1.29, 1.82) is 0 Å². The van der Waals surface area contributed by atoms with Crippen LogP contribution in [0.1, 0.15) is 5.56 Å². The van der Waals surface area contributed by atoms with Crippen LogP contribution in [0.3, 0.4) is 0 Å². The highest BCUT2D eigenvalue weighted by Gasteiger charge is 2.58. The van der Waals surface area contributed by atoms with Gasteiger partial charge in [0, 0.05) is 39.3 Å². The van der Waals surface area contributed by atoms with E-state index in [-0.39, 0.29) is 13.3 Å². The van der Waals surface area contributed by atoms with Gasteiger partial charge in [0.15, 0.2) is 11.5 Å². The Kier molecular flexibility index (Phi) is 7.00. The Bertz CT molecular complexity index is 693. The number of rotatable bonds is 7. The summed E-state index contributed by atoms with van der Waals surface area (Å²) in [5.74, 6) is 1.38. The summed E-state index contributed by atoms with van der Waals surface area (Å²) in [4.78, 5) is 3.93. The maximum Gasteiger partial charge on any atom is 0.423 e. The molecule has 1 aromatic rings. The third kappa shape index (κ3) is 6.13. The molecule has 1 fully saturated rings. The van der Waals surface area contributed by atoms with Crippen molar-refractivity contribution in [2.75, 3.05) is 46.1 Å². The van der Waals surface area contributed by atoms with E-state index in [2.05, 4.69) is 9.64 Å². The smallest absolute Gasteiger partial charge is 0.423 e. The molecule has 3 rings (SSSR count). The second-order valence-corrected chi connectivity index (χ2v) is 7.21. The molecule has 1 atom stereocenters. The normalized spacial score (nSPS) is 19.5. The molecular weight excluding hydrogens is 422 g/mol. The fraction of sp³-hybridized carbons (Fsp3) is 0.667. The molecule has 1 N–H and O–H groups in total. The molecule has 0 aromatic heterocycles. The molecule has 0 amide bonds. The molecule has 30 heavy (non-hydrogen) atoms. The van der Waals surface area contributed by atoms with Crippen LogP contribution in [0.4, 0.5) is 26.3 Å². The molecule has 0 aliphatic carbocycles. The van der Waals surface area contributed by atoms with Crippen molar-refractivity contribution in [3.8, 4) is 11.5 Å². The Morgan fingerprint density at radius 1 is 0.933 bits per heavy atom. The van der Waals surface area contributed by atoms with Gasteiger partial charge in [-0.15, -0.1) is 0 Å². The first-order valence-electron chi connectivity index (χ1n) is 9.28. The lowest BCUT2D eigenvalue weighted by molar-refractivity contribution is -0.324. The predicted octanol–water partition coefficient (Wildman–Crippen LogP) is 2.40. The van der Waals surface area contributed by atoms with E-state index in [4.69, 9.17) is 9.47 Å². The number of halogens is 6. The lowest BCUT2D eigenvalue weighted by Gasteiger charge is -2.35. The van der Waals surface area contributed by atoms with Gasteiger partial charge in [-0.3, -0.25) is 9.80 Å². The van der Waals surface area contributed by atoms with E-state index in [1.165, 1.54) is 0 Å². The average Bonchev–Trinajstić information content (AvgIpc) is 3.09. The predicted molar refractivity (Wildman–Crippen MR) is 92.1 cm³/mol. The molecule has 0 bridgehead atoms. The number of piperazine rings is 1. The van der Waals surface area contributed by atoms with Crippen LogP contribution in [-0.2, 0) is 11.3 Å². The van der Waals surface area contributed by atoms with Crippen LogP contribution >= 0.6 is 0 Å². The zero-order valence-electron chi connectivity index (χ0n) is 15.9. The van der Waals surface area contributed by atoms with Crippen LogP contribution < -0.4 is 9.47 Å². The SMILES string of the molecule is O[C@H](COC(C(F)(F)F)C(F)(F)F)CN1CCN(Cc2ccc3c(c2)OCO3)CC1. The first-order chi connectivity index (χ1) is 14.0. The lowest BCUT2D eigenvalue weighted by Crippen LogP contribution is -2.50. The summed E-state index contributed by atoms with van der Waals surface area (Å²) in [5, 5.41) is 9.83. The first-order valence-corrected chi connectivity index (χ1v) is 9.28. The summed E-state index contributed by atoms with van der Waals surface area (Å²) in [6.45, 7) is 2.03. The lowest BCUT2D eigenvalue weighted by atomic mass is 10.1. The standard InChI is InChI=1S/C18H22F6N2O4/c19-17(20,21)16(18(22,23)24)28-10-13(27)9-26-5-3-25(4-6-26)8-12-1-2-14-15(7-12)30-11-29-14/h1-2,7,13,16,27H,3-6,8-11H2/t13-/m0/s1. The highest BCUT2D eigenvalue weighted by molar-refractivity contribution is 5.44. The molecule has 2 aliphatic rings. The Balaban J connectivity index is 1.41.